The SMILES string of the molecule is CCOC(=O)c1cc(-c2ccccc2)nn1C/C(=N/O)c1ccc(OC)cc1. The molecule has 28 heavy (non-hydrogen) atoms. The molecule has 0 saturated carbocycles. The molecular formula is C21H21N3O4. The van der Waals surface area contributed by atoms with Gasteiger partial charge in [-0.15, -0.1) is 0 Å². The van der Waals surface area contributed by atoms with Gasteiger partial charge in [0.1, 0.15) is 17.2 Å². The van der Waals surface area contributed by atoms with E-state index < -0.39 is 5.97 Å². The van der Waals surface area contributed by atoms with Gasteiger partial charge < -0.3 is 14.7 Å². The van der Waals surface area contributed by atoms with Crippen LogP contribution in [0.1, 0.15) is 23.0 Å². The van der Waals surface area contributed by atoms with Gasteiger partial charge in [0.15, 0.2) is 0 Å². The number of carbonyl (C=O) groups excluding carboxylic acids is 1. The van der Waals surface area contributed by atoms with Gasteiger partial charge in [0, 0.05) is 11.1 Å². The zero-order valence-corrected chi connectivity index (χ0v) is 15.7. The molecule has 0 radical (unpaired) electrons. The maximum atomic E-state index is 12.4. The van der Waals surface area contributed by atoms with E-state index in [4.69, 9.17) is 9.47 Å². The van der Waals surface area contributed by atoms with E-state index in [-0.39, 0.29) is 18.8 Å². The molecule has 0 aliphatic carbocycles. The Kier molecular flexibility index (Phi) is 6.06. The fourth-order valence-corrected chi connectivity index (χ4v) is 2.76. The molecule has 0 aliphatic heterocycles. The van der Waals surface area contributed by atoms with Crippen LogP contribution < -0.4 is 4.74 Å². The maximum absolute atomic E-state index is 12.4. The smallest absolute Gasteiger partial charge is 0.356 e. The molecule has 1 heterocycles. The van der Waals surface area contributed by atoms with E-state index in [0.29, 0.717) is 22.7 Å². The number of ether oxygens (including phenoxy) is 2. The molecule has 0 spiro atoms. The maximum Gasteiger partial charge on any atom is 0.356 e. The predicted octanol–water partition coefficient (Wildman–Crippen LogP) is 3.61. The zero-order chi connectivity index (χ0) is 19.9. The van der Waals surface area contributed by atoms with Crippen molar-refractivity contribution in [2.45, 2.75) is 13.5 Å². The molecule has 0 unspecified atom stereocenters. The highest BCUT2D eigenvalue weighted by Gasteiger charge is 2.19. The molecule has 0 aliphatic rings. The largest absolute Gasteiger partial charge is 0.497 e. The molecule has 1 N–H and O–H groups in total. The van der Waals surface area contributed by atoms with Crippen molar-refractivity contribution in [1.29, 1.82) is 0 Å². The van der Waals surface area contributed by atoms with Crippen LogP contribution in [0.5, 0.6) is 5.75 Å². The summed E-state index contributed by atoms with van der Waals surface area (Å²) in [5, 5.41) is 17.5. The van der Waals surface area contributed by atoms with Crippen molar-refractivity contribution in [1.82, 2.24) is 9.78 Å². The Bertz CT molecular complexity index is 963. The number of aromatic nitrogens is 2. The first kappa shape index (κ1) is 19.2. The minimum Gasteiger partial charge on any atom is -0.497 e. The lowest BCUT2D eigenvalue weighted by Crippen LogP contribution is -2.19. The summed E-state index contributed by atoms with van der Waals surface area (Å²) in [4.78, 5) is 12.4. The average Bonchev–Trinajstić information content (AvgIpc) is 3.17. The third kappa shape index (κ3) is 4.20. The quantitative estimate of drug-likeness (QED) is 0.293. The number of methoxy groups -OCH3 is 1. The topological polar surface area (TPSA) is 85.9 Å². The number of oxime groups is 1. The molecule has 1 aromatic heterocycles. The van der Waals surface area contributed by atoms with Crippen molar-refractivity contribution in [2.24, 2.45) is 5.16 Å². The number of hydrogen-bond acceptors (Lipinski definition) is 6. The molecule has 3 rings (SSSR count). The van der Waals surface area contributed by atoms with Gasteiger partial charge in [0.05, 0.1) is 26.0 Å². The van der Waals surface area contributed by atoms with Crippen LogP contribution in [0.3, 0.4) is 0 Å². The molecule has 3 aromatic rings. The lowest BCUT2D eigenvalue weighted by Gasteiger charge is -2.09. The van der Waals surface area contributed by atoms with E-state index in [1.54, 1.807) is 44.4 Å². The highest BCUT2D eigenvalue weighted by atomic mass is 16.5. The normalized spacial score (nSPS) is 11.3. The molecule has 0 saturated heterocycles. The molecule has 2 aromatic carbocycles. The van der Waals surface area contributed by atoms with Gasteiger partial charge in [0.2, 0.25) is 0 Å². The molecule has 7 nitrogen and oxygen atoms in total. The van der Waals surface area contributed by atoms with Crippen LogP contribution in [-0.4, -0.2) is 40.4 Å². The lowest BCUT2D eigenvalue weighted by molar-refractivity contribution is 0.0513. The molecule has 0 atom stereocenters. The van der Waals surface area contributed by atoms with Crippen molar-refractivity contribution in [3.63, 3.8) is 0 Å². The summed E-state index contributed by atoms with van der Waals surface area (Å²) in [5.74, 6) is 0.211. The summed E-state index contributed by atoms with van der Waals surface area (Å²) in [5.41, 5.74) is 2.84. The Morgan fingerprint density at radius 1 is 1.14 bits per heavy atom. The van der Waals surface area contributed by atoms with Gasteiger partial charge in [-0.2, -0.15) is 5.10 Å². The summed E-state index contributed by atoms with van der Waals surface area (Å²) in [7, 11) is 1.58. The van der Waals surface area contributed by atoms with Crippen molar-refractivity contribution in [2.75, 3.05) is 13.7 Å². The van der Waals surface area contributed by atoms with Crippen LogP contribution in [0, 0.1) is 0 Å². The van der Waals surface area contributed by atoms with Crippen molar-refractivity contribution in [3.8, 4) is 17.0 Å². The first-order valence-corrected chi connectivity index (χ1v) is 8.82. The molecule has 0 bridgehead atoms. The lowest BCUT2D eigenvalue weighted by atomic mass is 10.1. The van der Waals surface area contributed by atoms with E-state index in [2.05, 4.69) is 10.3 Å². The number of hydrogen-bond donors (Lipinski definition) is 1. The van der Waals surface area contributed by atoms with E-state index in [1.807, 2.05) is 30.3 Å². The fourth-order valence-electron chi connectivity index (χ4n) is 2.76. The molecule has 7 heteroatoms. The van der Waals surface area contributed by atoms with Crippen molar-refractivity contribution in [3.05, 3.63) is 71.9 Å². The second kappa shape index (κ2) is 8.85. The Morgan fingerprint density at radius 2 is 1.86 bits per heavy atom. The standard InChI is InChI=1S/C21H21N3O4/c1-3-28-21(25)20-13-18(15-7-5-4-6-8-15)22-24(20)14-19(23-26)16-9-11-17(27-2)12-10-16/h4-13,26H,3,14H2,1-2H3/b23-19-. The van der Waals surface area contributed by atoms with Crippen molar-refractivity contribution >= 4 is 11.7 Å². The van der Waals surface area contributed by atoms with Crippen molar-refractivity contribution < 1.29 is 19.5 Å². The van der Waals surface area contributed by atoms with Gasteiger partial charge in [-0.3, -0.25) is 4.68 Å². The second-order valence-electron chi connectivity index (χ2n) is 5.93. The Morgan fingerprint density at radius 3 is 2.46 bits per heavy atom. The summed E-state index contributed by atoms with van der Waals surface area (Å²) >= 11 is 0. The van der Waals surface area contributed by atoms with Crippen LogP contribution in [-0.2, 0) is 11.3 Å². The van der Waals surface area contributed by atoms with E-state index in [0.717, 1.165) is 5.56 Å². The number of rotatable bonds is 7. The number of carbonyl (C=O) groups is 1. The summed E-state index contributed by atoms with van der Waals surface area (Å²) in [6.07, 6.45) is 0. The summed E-state index contributed by atoms with van der Waals surface area (Å²) in [6, 6.07) is 18.3. The Hall–Kier alpha value is -3.61. The van der Waals surface area contributed by atoms with Crippen LogP contribution in [0.2, 0.25) is 0 Å². The van der Waals surface area contributed by atoms with Crippen LogP contribution in [0.15, 0.2) is 65.8 Å². The fraction of sp³-hybridized carbons (Fsp3) is 0.190. The van der Waals surface area contributed by atoms with E-state index in [1.165, 1.54) is 4.68 Å². The first-order chi connectivity index (χ1) is 13.7. The predicted molar refractivity (Wildman–Crippen MR) is 105 cm³/mol. The molecule has 0 fully saturated rings. The van der Waals surface area contributed by atoms with Gasteiger partial charge in [-0.05, 0) is 37.3 Å². The number of nitrogens with zero attached hydrogens (tertiary/aromatic N) is 3. The third-order valence-electron chi connectivity index (χ3n) is 4.18. The molecule has 144 valence electrons. The van der Waals surface area contributed by atoms with Crippen LogP contribution >= 0.6 is 0 Å². The summed E-state index contributed by atoms with van der Waals surface area (Å²) < 4.78 is 11.8. The minimum atomic E-state index is -0.482. The highest BCUT2D eigenvalue weighted by molar-refractivity contribution is 6.00. The van der Waals surface area contributed by atoms with E-state index >= 15 is 0 Å². The zero-order valence-electron chi connectivity index (χ0n) is 15.7. The highest BCUT2D eigenvalue weighted by Crippen LogP contribution is 2.20. The monoisotopic (exact) mass is 379 g/mol. The van der Waals surface area contributed by atoms with Gasteiger partial charge in [-0.1, -0.05) is 35.5 Å². The second-order valence-corrected chi connectivity index (χ2v) is 5.93. The number of benzene rings is 2. The third-order valence-corrected chi connectivity index (χ3v) is 4.18. The van der Waals surface area contributed by atoms with Gasteiger partial charge in [-0.25, -0.2) is 4.79 Å². The van der Waals surface area contributed by atoms with Crippen LogP contribution in [0.4, 0.5) is 0 Å². The average molecular weight is 379 g/mol. The van der Waals surface area contributed by atoms with Gasteiger partial charge in [0.25, 0.3) is 0 Å². The Balaban J connectivity index is 1.96. The number of esters is 1. The summed E-state index contributed by atoms with van der Waals surface area (Å²) in [6.45, 7) is 2.10. The van der Waals surface area contributed by atoms with E-state index in [9.17, 15) is 10.0 Å². The molecular weight excluding hydrogens is 358 g/mol. The van der Waals surface area contributed by atoms with Crippen LogP contribution in [0.25, 0.3) is 11.3 Å². The first-order valence-electron chi connectivity index (χ1n) is 8.82. The minimum absolute atomic E-state index is 0.101. The molecule has 0 amide bonds. The Labute approximate surface area is 162 Å². The van der Waals surface area contributed by atoms with Gasteiger partial charge >= 0.3 is 5.97 Å².